The number of carboxylic acids is 1. The number of carboxylic acid groups (broad SMARTS) is 1. The number of amides is 2. The number of aliphatic carboxylic acids is 1. The first-order chi connectivity index (χ1) is 7.91. The number of nitrogens with zero attached hydrogens (tertiary/aromatic N) is 1. The van der Waals surface area contributed by atoms with Crippen molar-refractivity contribution in [1.82, 2.24) is 10.4 Å². The Morgan fingerprint density at radius 3 is 2.71 bits per heavy atom. The van der Waals surface area contributed by atoms with Crippen LogP contribution in [0.1, 0.15) is 19.8 Å². The van der Waals surface area contributed by atoms with E-state index in [-0.39, 0.29) is 23.7 Å². The molecule has 1 aliphatic heterocycles. The van der Waals surface area contributed by atoms with Crippen molar-refractivity contribution in [2.24, 2.45) is 0 Å². The van der Waals surface area contributed by atoms with Gasteiger partial charge in [-0.15, -0.1) is 0 Å². The van der Waals surface area contributed by atoms with E-state index in [4.69, 9.17) is 5.11 Å². The number of carbonyl (C=O) groups is 4. The summed E-state index contributed by atoms with van der Waals surface area (Å²) in [5.41, 5.74) is 2.19. The summed E-state index contributed by atoms with van der Waals surface area (Å²) in [6.45, 7) is 1.38. The second-order valence-electron chi connectivity index (χ2n) is 3.45. The number of hydrogen-bond donors (Lipinski definition) is 2. The Morgan fingerprint density at radius 1 is 1.53 bits per heavy atom. The summed E-state index contributed by atoms with van der Waals surface area (Å²) in [6, 6.07) is -1.16. The predicted molar refractivity (Wildman–Crippen MR) is 58.8 cm³/mol. The molecule has 0 aliphatic carbocycles. The first-order valence-electron chi connectivity index (χ1n) is 4.89. The van der Waals surface area contributed by atoms with Crippen molar-refractivity contribution in [3.05, 3.63) is 0 Å². The minimum Gasteiger partial charge on any atom is -0.480 e. The average molecular weight is 260 g/mol. The van der Waals surface area contributed by atoms with Crippen LogP contribution in [0.4, 0.5) is 0 Å². The first-order valence-corrected chi connectivity index (χ1v) is 5.88. The lowest BCUT2D eigenvalue weighted by atomic mass is 10.2. The van der Waals surface area contributed by atoms with E-state index in [9.17, 15) is 19.2 Å². The lowest BCUT2D eigenvalue weighted by Gasteiger charge is -2.19. The summed E-state index contributed by atoms with van der Waals surface area (Å²) in [5, 5.41) is 9.53. The zero-order chi connectivity index (χ0) is 13.0. The maximum absolute atomic E-state index is 11.6. The molecular formula is C9H12N2O5S. The van der Waals surface area contributed by atoms with Gasteiger partial charge in [0.15, 0.2) is 11.2 Å². The van der Waals surface area contributed by atoms with Gasteiger partial charge in [-0.2, -0.15) is 0 Å². The van der Waals surface area contributed by atoms with Gasteiger partial charge >= 0.3 is 5.97 Å². The molecule has 1 atom stereocenters. The van der Waals surface area contributed by atoms with Gasteiger partial charge in [-0.25, -0.2) is 9.80 Å². The number of rotatable bonds is 4. The lowest BCUT2D eigenvalue weighted by Crippen LogP contribution is -2.46. The van der Waals surface area contributed by atoms with Gasteiger partial charge in [-0.1, -0.05) is 11.8 Å². The quantitative estimate of drug-likeness (QED) is 0.697. The van der Waals surface area contributed by atoms with Crippen molar-refractivity contribution in [2.75, 3.05) is 5.75 Å². The zero-order valence-corrected chi connectivity index (χ0v) is 9.95. The number of hydrogen-bond acceptors (Lipinski definition) is 5. The monoisotopic (exact) mass is 260 g/mol. The topological polar surface area (TPSA) is 104 Å². The van der Waals surface area contributed by atoms with Crippen molar-refractivity contribution >= 4 is 34.7 Å². The maximum atomic E-state index is 11.6. The van der Waals surface area contributed by atoms with Gasteiger partial charge in [-0.3, -0.25) is 19.8 Å². The van der Waals surface area contributed by atoms with Crippen LogP contribution in [0.3, 0.4) is 0 Å². The Kier molecular flexibility index (Phi) is 4.50. The number of hydrazine groups is 1. The van der Waals surface area contributed by atoms with Gasteiger partial charge in [0, 0.05) is 19.1 Å². The molecule has 0 aromatic rings. The van der Waals surface area contributed by atoms with E-state index in [0.29, 0.717) is 0 Å². The largest absolute Gasteiger partial charge is 0.480 e. The van der Waals surface area contributed by atoms with Gasteiger partial charge in [0.2, 0.25) is 11.8 Å². The van der Waals surface area contributed by atoms with Gasteiger partial charge in [0.05, 0.1) is 6.42 Å². The third-order valence-electron chi connectivity index (χ3n) is 2.11. The van der Waals surface area contributed by atoms with Gasteiger partial charge in [0.25, 0.3) is 0 Å². The summed E-state index contributed by atoms with van der Waals surface area (Å²) in [4.78, 5) is 44.1. The highest BCUT2D eigenvalue weighted by Crippen LogP contribution is 2.13. The number of nitrogens with one attached hydrogen (secondary N) is 1. The third kappa shape index (κ3) is 3.74. The van der Waals surface area contributed by atoms with E-state index in [1.54, 1.807) is 0 Å². The molecule has 2 amide bonds. The minimum atomic E-state index is -1.23. The van der Waals surface area contributed by atoms with Crippen LogP contribution in [0.2, 0.25) is 0 Å². The van der Waals surface area contributed by atoms with Crippen LogP contribution < -0.4 is 5.43 Å². The molecule has 1 rings (SSSR count). The Bertz CT molecular complexity index is 370. The van der Waals surface area contributed by atoms with Crippen LogP contribution in [0, 0.1) is 0 Å². The summed E-state index contributed by atoms with van der Waals surface area (Å²) in [6.07, 6.45) is -0.227. The maximum Gasteiger partial charge on any atom is 0.329 e. The van der Waals surface area contributed by atoms with Crippen LogP contribution in [0.5, 0.6) is 0 Å². The molecule has 1 heterocycles. The highest BCUT2D eigenvalue weighted by Gasteiger charge is 2.38. The average Bonchev–Trinajstić information content (AvgIpc) is 2.59. The Balaban J connectivity index is 2.52. The molecular weight excluding hydrogens is 248 g/mol. The van der Waals surface area contributed by atoms with Crippen LogP contribution >= 0.6 is 11.8 Å². The smallest absolute Gasteiger partial charge is 0.329 e. The summed E-state index contributed by atoms with van der Waals surface area (Å²) in [7, 11) is 0. The van der Waals surface area contributed by atoms with Gasteiger partial charge in [-0.05, 0) is 0 Å². The molecule has 1 unspecified atom stereocenters. The van der Waals surface area contributed by atoms with Crippen molar-refractivity contribution in [2.45, 2.75) is 25.8 Å². The summed E-state index contributed by atoms with van der Waals surface area (Å²) in [5.74, 6) is -1.95. The molecule has 1 aliphatic rings. The third-order valence-corrected chi connectivity index (χ3v) is 2.93. The van der Waals surface area contributed by atoms with Crippen LogP contribution in [0.25, 0.3) is 0 Å². The standard InChI is InChI=1S/C9H12N2O5S/c1-5(12)17-3-2-8(14)11-6(9(15)16)4-7(13)10-11/h6H,2-4H2,1H3,(H,10,13)(H,15,16). The van der Waals surface area contributed by atoms with Crippen LogP contribution in [-0.2, 0) is 19.2 Å². The SMILES string of the molecule is CC(=O)SCCC(=O)N1NC(=O)CC1C(=O)O. The fourth-order valence-electron chi connectivity index (χ4n) is 1.36. The van der Waals surface area contributed by atoms with E-state index in [0.717, 1.165) is 16.8 Å². The van der Waals surface area contributed by atoms with Crippen LogP contribution in [-0.4, -0.2) is 44.8 Å². The molecule has 17 heavy (non-hydrogen) atoms. The molecule has 2 N–H and O–H groups in total. The molecule has 0 aromatic heterocycles. The van der Waals surface area contributed by atoms with E-state index in [1.165, 1.54) is 6.92 Å². The molecule has 0 spiro atoms. The van der Waals surface area contributed by atoms with Crippen molar-refractivity contribution < 1.29 is 24.3 Å². The van der Waals surface area contributed by atoms with Crippen LogP contribution in [0.15, 0.2) is 0 Å². The summed E-state index contributed by atoms with van der Waals surface area (Å²) >= 11 is 0.982. The van der Waals surface area contributed by atoms with Gasteiger partial charge in [0.1, 0.15) is 0 Å². The molecule has 0 saturated carbocycles. The molecule has 1 saturated heterocycles. The fourth-order valence-corrected chi connectivity index (χ4v) is 1.93. The van der Waals surface area contributed by atoms with E-state index in [1.807, 2.05) is 0 Å². The molecule has 0 radical (unpaired) electrons. The van der Waals surface area contributed by atoms with Crippen molar-refractivity contribution in [3.8, 4) is 0 Å². The number of carbonyl (C=O) groups excluding carboxylic acids is 3. The fraction of sp³-hybridized carbons (Fsp3) is 0.556. The summed E-state index contributed by atoms with van der Waals surface area (Å²) < 4.78 is 0. The molecule has 7 nitrogen and oxygen atoms in total. The Hall–Kier alpha value is -1.57. The van der Waals surface area contributed by atoms with E-state index >= 15 is 0 Å². The molecule has 94 valence electrons. The second kappa shape index (κ2) is 5.67. The first kappa shape index (κ1) is 13.5. The highest BCUT2D eigenvalue weighted by atomic mass is 32.2. The molecule has 8 heteroatoms. The lowest BCUT2D eigenvalue weighted by molar-refractivity contribution is -0.150. The van der Waals surface area contributed by atoms with E-state index < -0.39 is 23.8 Å². The Labute approximate surface area is 101 Å². The number of thioether (sulfide) groups is 1. The molecule has 0 bridgehead atoms. The van der Waals surface area contributed by atoms with Crippen molar-refractivity contribution in [1.29, 1.82) is 0 Å². The highest BCUT2D eigenvalue weighted by molar-refractivity contribution is 8.13. The predicted octanol–water partition coefficient (Wildman–Crippen LogP) is -0.627. The van der Waals surface area contributed by atoms with E-state index in [2.05, 4.69) is 5.43 Å². The normalized spacial score (nSPS) is 19.0. The van der Waals surface area contributed by atoms with Crippen molar-refractivity contribution in [3.63, 3.8) is 0 Å². The molecule has 1 fully saturated rings. The minimum absolute atomic E-state index is 0.00824. The zero-order valence-electron chi connectivity index (χ0n) is 9.13. The molecule has 0 aromatic carbocycles. The van der Waals surface area contributed by atoms with Gasteiger partial charge < -0.3 is 5.11 Å². The second-order valence-corrected chi connectivity index (χ2v) is 4.72. The Morgan fingerprint density at radius 2 is 2.18 bits per heavy atom.